The van der Waals surface area contributed by atoms with E-state index in [-0.39, 0.29) is 5.91 Å². The highest BCUT2D eigenvalue weighted by Gasteiger charge is 2.08. The molecule has 0 unspecified atom stereocenters. The Kier molecular flexibility index (Phi) is 5.15. The molecule has 0 saturated heterocycles. The van der Waals surface area contributed by atoms with E-state index >= 15 is 0 Å². The molecule has 1 amide bonds. The van der Waals surface area contributed by atoms with Crippen LogP contribution in [-0.2, 0) is 6.54 Å². The van der Waals surface area contributed by atoms with E-state index in [4.69, 9.17) is 10.5 Å². The minimum absolute atomic E-state index is 0.174. The minimum atomic E-state index is -0.174. The molecule has 21 heavy (non-hydrogen) atoms. The maximum absolute atomic E-state index is 12.1. The van der Waals surface area contributed by atoms with Crippen LogP contribution >= 0.6 is 0 Å². The summed E-state index contributed by atoms with van der Waals surface area (Å²) >= 11 is 0. The molecule has 0 radical (unpaired) electrons. The number of carbonyl (C=O) groups is 1. The van der Waals surface area contributed by atoms with Crippen LogP contribution in [0.2, 0.25) is 0 Å². The highest BCUT2D eigenvalue weighted by molar-refractivity contribution is 5.95. The second-order valence-electron chi connectivity index (χ2n) is 4.65. The number of pyridine rings is 1. The van der Waals surface area contributed by atoms with Gasteiger partial charge in [0.15, 0.2) is 0 Å². The Morgan fingerprint density at radius 2 is 2.24 bits per heavy atom. The SMILES string of the molecule is CCCOc1ccc(C(=O)NCc2cccnc2)cc1N. The summed E-state index contributed by atoms with van der Waals surface area (Å²) in [5.74, 6) is 0.438. The monoisotopic (exact) mass is 285 g/mol. The number of nitrogen functional groups attached to an aromatic ring is 1. The molecule has 0 atom stereocenters. The lowest BCUT2D eigenvalue weighted by Crippen LogP contribution is -2.23. The van der Waals surface area contributed by atoms with Gasteiger partial charge in [0, 0.05) is 24.5 Å². The average molecular weight is 285 g/mol. The summed E-state index contributed by atoms with van der Waals surface area (Å²) in [4.78, 5) is 16.1. The van der Waals surface area contributed by atoms with E-state index in [2.05, 4.69) is 10.3 Å². The van der Waals surface area contributed by atoms with Gasteiger partial charge in [0.1, 0.15) is 5.75 Å². The normalized spacial score (nSPS) is 10.1. The van der Waals surface area contributed by atoms with E-state index in [9.17, 15) is 4.79 Å². The predicted molar refractivity (Wildman–Crippen MR) is 82.0 cm³/mol. The van der Waals surface area contributed by atoms with Crippen LogP contribution in [0.15, 0.2) is 42.7 Å². The lowest BCUT2D eigenvalue weighted by molar-refractivity contribution is 0.0951. The molecule has 0 saturated carbocycles. The van der Waals surface area contributed by atoms with Crippen LogP contribution in [0, 0.1) is 0 Å². The van der Waals surface area contributed by atoms with Gasteiger partial charge < -0.3 is 15.8 Å². The van der Waals surface area contributed by atoms with E-state index in [0.29, 0.717) is 30.2 Å². The van der Waals surface area contributed by atoms with E-state index < -0.39 is 0 Å². The van der Waals surface area contributed by atoms with Gasteiger partial charge in [-0.25, -0.2) is 0 Å². The molecule has 5 heteroatoms. The van der Waals surface area contributed by atoms with Crippen molar-refractivity contribution < 1.29 is 9.53 Å². The van der Waals surface area contributed by atoms with Crippen molar-refractivity contribution in [2.45, 2.75) is 19.9 Å². The molecule has 0 spiro atoms. The third kappa shape index (κ3) is 4.21. The fraction of sp³-hybridized carbons (Fsp3) is 0.250. The minimum Gasteiger partial charge on any atom is -0.491 e. The Hall–Kier alpha value is -2.56. The zero-order valence-electron chi connectivity index (χ0n) is 12.0. The number of nitrogens with two attached hydrogens (primary N) is 1. The first-order chi connectivity index (χ1) is 10.2. The molecule has 2 aromatic rings. The summed E-state index contributed by atoms with van der Waals surface area (Å²) in [6.45, 7) is 3.06. The molecule has 0 aliphatic rings. The molecule has 1 aromatic carbocycles. The van der Waals surface area contributed by atoms with E-state index in [1.807, 2.05) is 19.1 Å². The Balaban J connectivity index is 1.98. The third-order valence-corrected chi connectivity index (χ3v) is 2.91. The van der Waals surface area contributed by atoms with Gasteiger partial charge in [0.2, 0.25) is 0 Å². The summed E-state index contributed by atoms with van der Waals surface area (Å²) in [6, 6.07) is 8.80. The molecule has 2 rings (SSSR count). The molecule has 1 aromatic heterocycles. The summed E-state index contributed by atoms with van der Waals surface area (Å²) in [5.41, 5.74) is 7.82. The van der Waals surface area contributed by atoms with Crippen LogP contribution in [0.1, 0.15) is 29.3 Å². The predicted octanol–water partition coefficient (Wildman–Crippen LogP) is 2.38. The fourth-order valence-electron chi connectivity index (χ4n) is 1.82. The first kappa shape index (κ1) is 14.8. The Bertz CT molecular complexity index is 600. The number of aromatic nitrogens is 1. The number of rotatable bonds is 6. The zero-order valence-corrected chi connectivity index (χ0v) is 12.0. The summed E-state index contributed by atoms with van der Waals surface area (Å²) in [5, 5.41) is 2.83. The molecular weight excluding hydrogens is 266 g/mol. The molecule has 1 heterocycles. The highest BCUT2D eigenvalue weighted by atomic mass is 16.5. The first-order valence-corrected chi connectivity index (χ1v) is 6.90. The van der Waals surface area contributed by atoms with Crippen molar-refractivity contribution in [3.63, 3.8) is 0 Å². The smallest absolute Gasteiger partial charge is 0.251 e. The van der Waals surface area contributed by atoms with Crippen LogP contribution in [-0.4, -0.2) is 17.5 Å². The van der Waals surface area contributed by atoms with Crippen LogP contribution in [0.25, 0.3) is 0 Å². The largest absolute Gasteiger partial charge is 0.491 e. The molecule has 110 valence electrons. The molecule has 0 aliphatic heterocycles. The second-order valence-corrected chi connectivity index (χ2v) is 4.65. The van der Waals surface area contributed by atoms with Crippen LogP contribution in [0.3, 0.4) is 0 Å². The van der Waals surface area contributed by atoms with Crippen LogP contribution in [0.5, 0.6) is 5.75 Å². The molecule has 0 fully saturated rings. The van der Waals surface area contributed by atoms with Gasteiger partial charge in [-0.2, -0.15) is 0 Å². The molecule has 0 bridgehead atoms. The number of nitrogens with one attached hydrogen (secondary N) is 1. The van der Waals surface area contributed by atoms with Crippen molar-refractivity contribution in [3.8, 4) is 5.75 Å². The number of benzene rings is 1. The average Bonchev–Trinajstić information content (AvgIpc) is 2.52. The van der Waals surface area contributed by atoms with Gasteiger partial charge in [0.25, 0.3) is 5.91 Å². The van der Waals surface area contributed by atoms with Gasteiger partial charge >= 0.3 is 0 Å². The Morgan fingerprint density at radius 3 is 2.90 bits per heavy atom. The molecular formula is C16H19N3O2. The Labute approximate surface area is 124 Å². The summed E-state index contributed by atoms with van der Waals surface area (Å²) in [6.07, 6.45) is 4.32. The van der Waals surface area contributed by atoms with Gasteiger partial charge in [-0.1, -0.05) is 13.0 Å². The maximum atomic E-state index is 12.1. The van der Waals surface area contributed by atoms with Crippen molar-refractivity contribution in [2.75, 3.05) is 12.3 Å². The number of anilines is 1. The highest BCUT2D eigenvalue weighted by Crippen LogP contribution is 2.22. The molecule has 0 aliphatic carbocycles. The van der Waals surface area contributed by atoms with Crippen LogP contribution < -0.4 is 15.8 Å². The molecule has 3 N–H and O–H groups in total. The number of hydrogen-bond acceptors (Lipinski definition) is 4. The lowest BCUT2D eigenvalue weighted by Gasteiger charge is -2.10. The van der Waals surface area contributed by atoms with Crippen LogP contribution in [0.4, 0.5) is 5.69 Å². The Morgan fingerprint density at radius 1 is 1.38 bits per heavy atom. The van der Waals surface area contributed by atoms with E-state index in [1.54, 1.807) is 30.6 Å². The van der Waals surface area contributed by atoms with Crippen molar-refractivity contribution in [3.05, 3.63) is 53.9 Å². The molecule has 5 nitrogen and oxygen atoms in total. The van der Waals surface area contributed by atoms with Crippen molar-refractivity contribution in [1.29, 1.82) is 0 Å². The fourth-order valence-corrected chi connectivity index (χ4v) is 1.82. The van der Waals surface area contributed by atoms with E-state index in [1.165, 1.54) is 0 Å². The van der Waals surface area contributed by atoms with Crippen molar-refractivity contribution in [2.24, 2.45) is 0 Å². The summed E-state index contributed by atoms with van der Waals surface area (Å²) < 4.78 is 5.48. The van der Waals surface area contributed by atoms with Gasteiger partial charge in [0.05, 0.1) is 12.3 Å². The van der Waals surface area contributed by atoms with E-state index in [0.717, 1.165) is 12.0 Å². The maximum Gasteiger partial charge on any atom is 0.251 e. The lowest BCUT2D eigenvalue weighted by atomic mass is 10.1. The first-order valence-electron chi connectivity index (χ1n) is 6.90. The van der Waals surface area contributed by atoms with Crippen molar-refractivity contribution in [1.82, 2.24) is 10.3 Å². The summed E-state index contributed by atoms with van der Waals surface area (Å²) in [7, 11) is 0. The van der Waals surface area contributed by atoms with Gasteiger partial charge in [-0.15, -0.1) is 0 Å². The topological polar surface area (TPSA) is 77.2 Å². The number of nitrogens with zero attached hydrogens (tertiary/aromatic N) is 1. The van der Waals surface area contributed by atoms with Gasteiger partial charge in [-0.3, -0.25) is 9.78 Å². The van der Waals surface area contributed by atoms with Crippen molar-refractivity contribution >= 4 is 11.6 Å². The number of hydrogen-bond donors (Lipinski definition) is 2. The third-order valence-electron chi connectivity index (χ3n) is 2.91. The second kappa shape index (κ2) is 7.28. The number of carbonyl (C=O) groups excluding carboxylic acids is 1. The zero-order chi connectivity index (χ0) is 15.1. The number of amides is 1. The van der Waals surface area contributed by atoms with Gasteiger partial charge in [-0.05, 0) is 36.2 Å². The quantitative estimate of drug-likeness (QED) is 0.799. The standard InChI is InChI=1S/C16H19N3O2/c1-2-8-21-15-6-5-13(9-14(15)17)16(20)19-11-12-4-3-7-18-10-12/h3-7,9-10H,2,8,11,17H2,1H3,(H,19,20). The number of ether oxygens (including phenoxy) is 1.